The average Bonchev–Trinajstić information content (AvgIpc) is 2.90. The molecule has 0 saturated carbocycles. The van der Waals surface area contributed by atoms with Gasteiger partial charge in [0, 0.05) is 0 Å². The fourth-order valence-electron chi connectivity index (χ4n) is 4.59. The van der Waals surface area contributed by atoms with E-state index in [0.29, 0.717) is 0 Å². The molecule has 0 heterocycles. The second-order valence-electron chi connectivity index (χ2n) is 8.13. The Balaban J connectivity index is 2.19. The van der Waals surface area contributed by atoms with Crippen LogP contribution in [0.4, 0.5) is 0 Å². The highest BCUT2D eigenvalue weighted by Crippen LogP contribution is 2.44. The molecule has 0 aliphatic heterocycles. The quantitative estimate of drug-likeness (QED) is 0.252. The van der Waals surface area contributed by atoms with Gasteiger partial charge in [0.1, 0.15) is 0 Å². The van der Waals surface area contributed by atoms with E-state index >= 15 is 0 Å². The van der Waals surface area contributed by atoms with Gasteiger partial charge in [-0.25, -0.2) is 0 Å². The summed E-state index contributed by atoms with van der Waals surface area (Å²) in [4.78, 5) is 0. The van der Waals surface area contributed by atoms with E-state index in [2.05, 4.69) is 129 Å². The maximum Gasteiger partial charge on any atom is -0.00264 e. The maximum atomic E-state index is 4.22. The van der Waals surface area contributed by atoms with Gasteiger partial charge in [-0.3, -0.25) is 0 Å². The predicted octanol–water partition coefficient (Wildman–Crippen LogP) is 10.00. The summed E-state index contributed by atoms with van der Waals surface area (Å²) in [6.45, 7) is 12.5. The minimum atomic E-state index is 1.11. The molecular formula is C34H30. The molecule has 0 radical (unpaired) electrons. The molecule has 0 aliphatic rings. The fourth-order valence-corrected chi connectivity index (χ4v) is 4.59. The third kappa shape index (κ3) is 4.36. The number of rotatable bonds is 7. The number of allylic oxidation sites excluding steroid dienone is 6. The number of benzene rings is 4. The lowest BCUT2D eigenvalue weighted by molar-refractivity contribution is 1.57. The van der Waals surface area contributed by atoms with Crippen LogP contribution in [0, 0.1) is 0 Å². The molecule has 0 spiro atoms. The molecule has 0 saturated heterocycles. The third-order valence-electron chi connectivity index (χ3n) is 6.07. The van der Waals surface area contributed by atoms with E-state index in [1.165, 1.54) is 44.2 Å². The first-order valence-electron chi connectivity index (χ1n) is 11.7. The van der Waals surface area contributed by atoms with Crippen molar-refractivity contribution in [1.82, 2.24) is 0 Å². The smallest absolute Gasteiger partial charge is 0.00264 e. The van der Waals surface area contributed by atoms with Gasteiger partial charge in [0.15, 0.2) is 0 Å². The molecule has 0 nitrogen and oxygen atoms in total. The minimum absolute atomic E-state index is 1.11. The summed E-state index contributed by atoms with van der Waals surface area (Å²) in [5.74, 6) is 0. The summed E-state index contributed by atoms with van der Waals surface area (Å²) in [7, 11) is 0. The van der Waals surface area contributed by atoms with Gasteiger partial charge in [-0.15, -0.1) is 0 Å². The van der Waals surface area contributed by atoms with E-state index in [-0.39, 0.29) is 0 Å². The molecule has 34 heavy (non-hydrogen) atoms. The van der Waals surface area contributed by atoms with Crippen molar-refractivity contribution in [3.05, 3.63) is 139 Å². The standard InChI is InChI=1S/C34H30/c1-5-9-17-25(16-6-2)28-22-23-31-32(24-28)34(27-20-14-11-15-21-27)30(8-4)29(7-3)33(31)26-18-12-10-13-19-26/h5-24H,3-4H2,1-2H3/b9-5-,16-6-,25-17+. The number of hydrogen-bond donors (Lipinski definition) is 0. The molecule has 0 atom stereocenters. The van der Waals surface area contributed by atoms with Crippen LogP contribution in [0.2, 0.25) is 0 Å². The van der Waals surface area contributed by atoms with Gasteiger partial charge in [-0.05, 0) is 75.2 Å². The van der Waals surface area contributed by atoms with Crippen molar-refractivity contribution in [3.63, 3.8) is 0 Å². The minimum Gasteiger partial charge on any atom is -0.0984 e. The van der Waals surface area contributed by atoms with Crippen LogP contribution in [0.5, 0.6) is 0 Å². The topological polar surface area (TPSA) is 0 Å². The molecule has 0 amide bonds. The van der Waals surface area contributed by atoms with E-state index in [1.54, 1.807) is 0 Å². The second kappa shape index (κ2) is 10.6. The first kappa shape index (κ1) is 23.0. The lowest BCUT2D eigenvalue weighted by Crippen LogP contribution is -1.97. The van der Waals surface area contributed by atoms with Crippen LogP contribution >= 0.6 is 0 Å². The summed E-state index contributed by atoms with van der Waals surface area (Å²) < 4.78 is 0. The van der Waals surface area contributed by atoms with Crippen molar-refractivity contribution in [1.29, 1.82) is 0 Å². The normalized spacial score (nSPS) is 12.0. The highest BCUT2D eigenvalue weighted by molar-refractivity contribution is 6.12. The summed E-state index contributed by atoms with van der Waals surface area (Å²) in [6.07, 6.45) is 14.5. The summed E-state index contributed by atoms with van der Waals surface area (Å²) in [5, 5.41) is 2.42. The second-order valence-corrected chi connectivity index (χ2v) is 8.13. The lowest BCUT2D eigenvalue weighted by Gasteiger charge is -2.21. The van der Waals surface area contributed by atoms with Crippen LogP contribution in [0.1, 0.15) is 30.5 Å². The third-order valence-corrected chi connectivity index (χ3v) is 6.07. The van der Waals surface area contributed by atoms with E-state index in [0.717, 1.165) is 11.1 Å². The van der Waals surface area contributed by atoms with E-state index in [4.69, 9.17) is 0 Å². The molecule has 0 heteroatoms. The molecule has 4 aromatic carbocycles. The van der Waals surface area contributed by atoms with Crippen molar-refractivity contribution in [2.24, 2.45) is 0 Å². The van der Waals surface area contributed by atoms with Gasteiger partial charge in [0.05, 0.1) is 0 Å². The van der Waals surface area contributed by atoms with Crippen molar-refractivity contribution in [3.8, 4) is 22.3 Å². The van der Waals surface area contributed by atoms with Gasteiger partial charge >= 0.3 is 0 Å². The first-order chi connectivity index (χ1) is 16.7. The van der Waals surface area contributed by atoms with Crippen LogP contribution in [-0.2, 0) is 0 Å². The first-order valence-corrected chi connectivity index (χ1v) is 11.7. The Bertz CT molecular complexity index is 1410. The van der Waals surface area contributed by atoms with Gasteiger partial charge in [-0.1, -0.05) is 128 Å². The molecule has 4 rings (SSSR count). The van der Waals surface area contributed by atoms with E-state index in [9.17, 15) is 0 Å². The predicted molar refractivity (Wildman–Crippen MR) is 153 cm³/mol. The Morgan fingerprint density at radius 3 is 1.71 bits per heavy atom. The molecule has 0 aliphatic carbocycles. The largest absolute Gasteiger partial charge is 0.0984 e. The average molecular weight is 439 g/mol. The van der Waals surface area contributed by atoms with Crippen LogP contribution in [0.15, 0.2) is 122 Å². The Kier molecular flexibility index (Phi) is 7.20. The van der Waals surface area contributed by atoms with Crippen LogP contribution in [-0.4, -0.2) is 0 Å². The Labute approximate surface area is 203 Å². The Hall–Kier alpha value is -4.16. The zero-order chi connectivity index (χ0) is 23.9. The molecule has 0 fully saturated rings. The monoisotopic (exact) mass is 438 g/mol. The highest BCUT2D eigenvalue weighted by atomic mass is 14.2. The molecule has 0 N–H and O–H groups in total. The van der Waals surface area contributed by atoms with Crippen LogP contribution < -0.4 is 0 Å². The lowest BCUT2D eigenvalue weighted by atomic mass is 9.82. The van der Waals surface area contributed by atoms with Gasteiger partial charge in [0.25, 0.3) is 0 Å². The summed E-state index contributed by atoms with van der Waals surface area (Å²) >= 11 is 0. The molecule has 4 aromatic rings. The SMILES string of the molecule is C=Cc1c(C=C)c(-c2ccccc2)c2cc(C(/C=C\C)=C/C=C\C)ccc2c1-c1ccccc1. The van der Waals surface area contributed by atoms with E-state index < -0.39 is 0 Å². The van der Waals surface area contributed by atoms with Crippen molar-refractivity contribution < 1.29 is 0 Å². The zero-order valence-corrected chi connectivity index (χ0v) is 20.0. The maximum absolute atomic E-state index is 4.22. The molecule has 0 unspecified atom stereocenters. The van der Waals surface area contributed by atoms with Crippen molar-refractivity contribution >= 4 is 28.5 Å². The van der Waals surface area contributed by atoms with E-state index in [1.807, 2.05) is 19.1 Å². The van der Waals surface area contributed by atoms with Crippen LogP contribution in [0.25, 0.3) is 50.8 Å². The molecule has 0 aromatic heterocycles. The summed E-state index contributed by atoms with van der Waals surface area (Å²) in [6, 6.07) is 27.9. The van der Waals surface area contributed by atoms with Gasteiger partial charge in [-0.2, -0.15) is 0 Å². The molecule has 0 bridgehead atoms. The zero-order valence-electron chi connectivity index (χ0n) is 20.0. The summed E-state index contributed by atoms with van der Waals surface area (Å²) in [5.41, 5.74) is 9.30. The van der Waals surface area contributed by atoms with Gasteiger partial charge < -0.3 is 0 Å². The van der Waals surface area contributed by atoms with Crippen molar-refractivity contribution in [2.45, 2.75) is 13.8 Å². The number of hydrogen-bond acceptors (Lipinski definition) is 0. The number of fused-ring (bicyclic) bond motifs is 1. The highest BCUT2D eigenvalue weighted by Gasteiger charge is 2.19. The fraction of sp³-hybridized carbons (Fsp3) is 0.0588. The van der Waals surface area contributed by atoms with Gasteiger partial charge in [0.2, 0.25) is 0 Å². The molecular weight excluding hydrogens is 408 g/mol. The molecule has 166 valence electrons. The Morgan fingerprint density at radius 2 is 1.21 bits per heavy atom. The van der Waals surface area contributed by atoms with Crippen LogP contribution in [0.3, 0.4) is 0 Å². The Morgan fingerprint density at radius 1 is 0.647 bits per heavy atom. The van der Waals surface area contributed by atoms with Crippen molar-refractivity contribution in [2.75, 3.05) is 0 Å².